The Morgan fingerprint density at radius 2 is 2.00 bits per heavy atom. The summed E-state index contributed by atoms with van der Waals surface area (Å²) < 4.78 is 15.8. The predicted octanol–water partition coefficient (Wildman–Crippen LogP) is 2.56. The molecule has 0 radical (unpaired) electrons. The predicted molar refractivity (Wildman–Crippen MR) is 77.7 cm³/mol. The average molecular weight is 301 g/mol. The number of carbonyl (C=O) groups excluding carboxylic acids is 2. The number of esters is 1. The molecule has 0 bridgehead atoms. The topological polar surface area (TPSA) is 65.1 Å². The molecule has 0 aliphatic carbocycles. The van der Waals surface area contributed by atoms with Gasteiger partial charge >= 0.3 is 12.1 Å². The van der Waals surface area contributed by atoms with Crippen LogP contribution in [0.1, 0.15) is 47.5 Å². The molecule has 6 heteroatoms. The number of carbonyl (C=O) groups is 2. The van der Waals surface area contributed by atoms with Gasteiger partial charge < -0.3 is 14.2 Å². The molecule has 1 rings (SSSR count). The highest BCUT2D eigenvalue weighted by Crippen LogP contribution is 2.27. The van der Waals surface area contributed by atoms with Crippen molar-refractivity contribution in [3.05, 3.63) is 0 Å². The van der Waals surface area contributed by atoms with Crippen LogP contribution in [-0.2, 0) is 19.0 Å². The van der Waals surface area contributed by atoms with Crippen LogP contribution in [0.4, 0.5) is 4.79 Å². The average Bonchev–Trinajstić information content (AvgIpc) is 2.79. The minimum Gasteiger partial charge on any atom is -0.467 e. The van der Waals surface area contributed by atoms with E-state index in [-0.39, 0.29) is 6.61 Å². The van der Waals surface area contributed by atoms with Crippen LogP contribution in [0.25, 0.3) is 0 Å². The molecule has 1 amide bonds. The van der Waals surface area contributed by atoms with Crippen molar-refractivity contribution >= 4 is 12.1 Å². The maximum Gasteiger partial charge on any atom is 0.413 e. The van der Waals surface area contributed by atoms with Crippen molar-refractivity contribution in [2.45, 2.75) is 65.3 Å². The first-order valence-electron chi connectivity index (χ1n) is 7.40. The number of amides is 1. The fourth-order valence-corrected chi connectivity index (χ4v) is 2.13. The van der Waals surface area contributed by atoms with Crippen molar-refractivity contribution in [2.24, 2.45) is 5.92 Å². The Morgan fingerprint density at radius 3 is 2.48 bits per heavy atom. The summed E-state index contributed by atoms with van der Waals surface area (Å²) in [5.41, 5.74) is -0.624. The Morgan fingerprint density at radius 1 is 1.38 bits per heavy atom. The minimum absolute atomic E-state index is 0.146. The van der Waals surface area contributed by atoms with E-state index in [9.17, 15) is 9.59 Å². The minimum atomic E-state index is -0.737. The van der Waals surface area contributed by atoms with Crippen molar-refractivity contribution < 1.29 is 23.8 Å². The Kier molecular flexibility index (Phi) is 6.01. The van der Waals surface area contributed by atoms with E-state index in [1.54, 1.807) is 20.8 Å². The van der Waals surface area contributed by atoms with Crippen LogP contribution in [0.15, 0.2) is 0 Å². The van der Waals surface area contributed by atoms with Gasteiger partial charge in [0, 0.05) is 0 Å². The Bertz CT molecular complexity index is 377. The summed E-state index contributed by atoms with van der Waals surface area (Å²) >= 11 is 0. The largest absolute Gasteiger partial charge is 0.467 e. The van der Waals surface area contributed by atoms with Gasteiger partial charge in [-0.3, -0.25) is 4.90 Å². The molecule has 1 aliphatic heterocycles. The lowest BCUT2D eigenvalue weighted by molar-refractivity contribution is -0.145. The van der Waals surface area contributed by atoms with E-state index in [2.05, 4.69) is 13.8 Å². The van der Waals surface area contributed by atoms with Gasteiger partial charge in [0.1, 0.15) is 11.8 Å². The van der Waals surface area contributed by atoms with Gasteiger partial charge in [0.05, 0.1) is 13.7 Å². The van der Waals surface area contributed by atoms with E-state index in [0.717, 1.165) is 6.42 Å². The fourth-order valence-electron chi connectivity index (χ4n) is 2.13. The van der Waals surface area contributed by atoms with Gasteiger partial charge in [-0.25, -0.2) is 9.59 Å². The summed E-state index contributed by atoms with van der Waals surface area (Å²) in [5, 5.41) is 0. The highest BCUT2D eigenvalue weighted by Gasteiger charge is 2.44. The van der Waals surface area contributed by atoms with Gasteiger partial charge in [0.25, 0.3) is 0 Å². The molecule has 0 aromatic rings. The molecule has 0 spiro atoms. The van der Waals surface area contributed by atoms with Gasteiger partial charge in [-0.1, -0.05) is 20.3 Å². The lowest BCUT2D eigenvalue weighted by Gasteiger charge is -2.30. The molecular weight excluding hydrogens is 274 g/mol. The Balaban J connectivity index is 2.89. The van der Waals surface area contributed by atoms with Crippen LogP contribution < -0.4 is 0 Å². The van der Waals surface area contributed by atoms with E-state index < -0.39 is 29.9 Å². The summed E-state index contributed by atoms with van der Waals surface area (Å²) in [6.45, 7) is 9.68. The lowest BCUT2D eigenvalue weighted by atomic mass is 10.0. The summed E-state index contributed by atoms with van der Waals surface area (Å²) in [5.74, 6) is -0.0937. The van der Waals surface area contributed by atoms with Gasteiger partial charge in [0.2, 0.25) is 0 Å². The van der Waals surface area contributed by atoms with Gasteiger partial charge in [-0.15, -0.1) is 0 Å². The second kappa shape index (κ2) is 7.11. The van der Waals surface area contributed by atoms with Crippen molar-refractivity contribution in [3.8, 4) is 0 Å². The third-order valence-corrected chi connectivity index (χ3v) is 3.47. The molecule has 0 saturated carbocycles. The monoisotopic (exact) mass is 301 g/mol. The van der Waals surface area contributed by atoms with E-state index >= 15 is 0 Å². The molecule has 1 fully saturated rings. The van der Waals surface area contributed by atoms with Gasteiger partial charge in [-0.2, -0.15) is 0 Å². The summed E-state index contributed by atoms with van der Waals surface area (Å²) in [7, 11) is 1.30. The molecule has 21 heavy (non-hydrogen) atoms. The highest BCUT2D eigenvalue weighted by molar-refractivity contribution is 5.82. The quantitative estimate of drug-likeness (QED) is 0.747. The normalized spacial score (nSPS) is 23.8. The van der Waals surface area contributed by atoms with Crippen molar-refractivity contribution in [1.29, 1.82) is 0 Å². The lowest BCUT2D eigenvalue weighted by Crippen LogP contribution is -2.48. The van der Waals surface area contributed by atoms with Crippen molar-refractivity contribution in [3.63, 3.8) is 0 Å². The number of nitrogens with zero attached hydrogens (tertiary/aromatic N) is 1. The zero-order valence-corrected chi connectivity index (χ0v) is 13.8. The van der Waals surface area contributed by atoms with E-state index in [1.165, 1.54) is 12.0 Å². The maximum absolute atomic E-state index is 12.4. The molecule has 1 saturated heterocycles. The summed E-state index contributed by atoms with van der Waals surface area (Å²) in [4.78, 5) is 25.6. The molecule has 1 unspecified atom stereocenters. The third kappa shape index (κ3) is 4.88. The fraction of sp³-hybridized carbons (Fsp3) is 0.867. The van der Waals surface area contributed by atoms with Crippen LogP contribution in [0.5, 0.6) is 0 Å². The molecule has 1 heterocycles. The molecule has 1 aliphatic rings. The zero-order chi connectivity index (χ0) is 16.2. The molecule has 6 nitrogen and oxygen atoms in total. The van der Waals surface area contributed by atoms with Crippen molar-refractivity contribution in [2.75, 3.05) is 13.7 Å². The number of rotatable bonds is 4. The summed E-state index contributed by atoms with van der Waals surface area (Å²) in [6.07, 6.45) is 0.663. The third-order valence-electron chi connectivity index (χ3n) is 3.47. The van der Waals surface area contributed by atoms with E-state index in [1.807, 2.05) is 0 Å². The number of hydrogen-bond acceptors (Lipinski definition) is 5. The number of ether oxygens (including phenoxy) is 3. The van der Waals surface area contributed by atoms with Gasteiger partial charge in [-0.05, 0) is 33.1 Å². The molecule has 0 aromatic heterocycles. The highest BCUT2D eigenvalue weighted by atomic mass is 16.6. The van der Waals surface area contributed by atoms with E-state index in [4.69, 9.17) is 14.2 Å². The van der Waals surface area contributed by atoms with Crippen LogP contribution in [-0.4, -0.2) is 48.5 Å². The standard InChI is InChI=1S/C15H27NO5/c1-7-10(2)8-12-16(14(18)21-15(3,4)5)11(9-20-12)13(17)19-6/h10-12H,7-9H2,1-6H3/t10?,11-,12+/m0/s1. The maximum atomic E-state index is 12.4. The molecule has 0 aromatic carbocycles. The second-order valence-corrected chi connectivity index (χ2v) is 6.46. The molecule has 3 atom stereocenters. The summed E-state index contributed by atoms with van der Waals surface area (Å²) in [6, 6.07) is -0.737. The molecule has 0 N–H and O–H groups in total. The van der Waals surface area contributed by atoms with Gasteiger partial charge in [0.15, 0.2) is 6.04 Å². The SMILES string of the molecule is CCC(C)C[C@H]1OC[C@@H](C(=O)OC)N1C(=O)OC(C)(C)C. The molecule has 122 valence electrons. The van der Waals surface area contributed by atoms with Crippen molar-refractivity contribution in [1.82, 2.24) is 4.90 Å². The van der Waals surface area contributed by atoms with Crippen LogP contribution >= 0.6 is 0 Å². The first-order valence-corrected chi connectivity index (χ1v) is 7.40. The first kappa shape index (κ1) is 17.8. The first-order chi connectivity index (χ1) is 9.69. The Labute approximate surface area is 126 Å². The zero-order valence-electron chi connectivity index (χ0n) is 13.8. The van der Waals surface area contributed by atoms with E-state index in [0.29, 0.717) is 12.3 Å². The number of methoxy groups -OCH3 is 1. The van der Waals surface area contributed by atoms with Crippen LogP contribution in [0.3, 0.4) is 0 Å². The Hall–Kier alpha value is -1.30. The smallest absolute Gasteiger partial charge is 0.413 e. The number of hydrogen-bond donors (Lipinski definition) is 0. The van der Waals surface area contributed by atoms with Crippen LogP contribution in [0, 0.1) is 5.92 Å². The van der Waals surface area contributed by atoms with Crippen LogP contribution in [0.2, 0.25) is 0 Å². The second-order valence-electron chi connectivity index (χ2n) is 6.46. The molecular formula is C15H27NO5.